The van der Waals surface area contributed by atoms with Crippen molar-refractivity contribution in [2.45, 2.75) is 0 Å². The van der Waals surface area contributed by atoms with Crippen LogP contribution in [0.1, 0.15) is 16.8 Å². The summed E-state index contributed by atoms with van der Waals surface area (Å²) in [6, 6.07) is 17.0. The fraction of sp³-hybridized carbons (Fsp3) is 0. The van der Waals surface area contributed by atoms with Gasteiger partial charge in [-0.05, 0) is 12.1 Å². The Morgan fingerprint density at radius 1 is 0.875 bits per heavy atom. The van der Waals surface area contributed by atoms with Crippen LogP contribution in [0.4, 0.5) is 0 Å². The molecule has 0 spiro atoms. The maximum Gasteiger partial charge on any atom is 0.206 e. The average Bonchev–Trinajstić information content (AvgIpc) is 2.96. The van der Waals surface area contributed by atoms with Gasteiger partial charge < -0.3 is 0 Å². The van der Waals surface area contributed by atoms with Gasteiger partial charge in [-0.15, -0.1) is 0 Å². The van der Waals surface area contributed by atoms with Crippen LogP contribution in [0.25, 0.3) is 22.5 Å². The van der Waals surface area contributed by atoms with Crippen LogP contribution in [0.2, 0.25) is 0 Å². The summed E-state index contributed by atoms with van der Waals surface area (Å²) in [6.45, 7) is 0. The topological polar surface area (TPSA) is 85.7 Å². The quantitative estimate of drug-likeness (QED) is 0.505. The lowest BCUT2D eigenvalue weighted by molar-refractivity contribution is 1.20. The van der Waals surface area contributed by atoms with E-state index in [4.69, 9.17) is 15.5 Å². The van der Waals surface area contributed by atoms with Gasteiger partial charge in [-0.2, -0.15) is 15.5 Å². The highest BCUT2D eigenvalue weighted by Gasteiger charge is 2.28. The van der Waals surface area contributed by atoms with Crippen LogP contribution < -0.4 is 0 Å². The molecule has 3 aromatic rings. The largest absolute Gasteiger partial charge is 0.250 e. The lowest BCUT2D eigenvalue weighted by atomic mass is 10.1. The Balaban J connectivity index is 1.89. The molecule has 24 heavy (non-hydrogen) atoms. The summed E-state index contributed by atoms with van der Waals surface area (Å²) in [4.78, 5) is 13.1. The zero-order valence-corrected chi connectivity index (χ0v) is 12.4. The van der Waals surface area contributed by atoms with Crippen molar-refractivity contribution in [3.8, 4) is 34.8 Å². The first kappa shape index (κ1) is 13.8. The molecule has 0 amide bonds. The summed E-state index contributed by atoms with van der Waals surface area (Å²) in [6.07, 6.45) is 3.51. The first-order valence-electron chi connectivity index (χ1n) is 7.26. The molecule has 0 saturated carbocycles. The second-order valence-corrected chi connectivity index (χ2v) is 5.25. The molecule has 1 aliphatic rings. The van der Waals surface area contributed by atoms with Gasteiger partial charge in [0.15, 0.2) is 0 Å². The summed E-state index contributed by atoms with van der Waals surface area (Å²) in [5.74, 6) is 0. The van der Waals surface area contributed by atoms with Gasteiger partial charge >= 0.3 is 0 Å². The Hall–Kier alpha value is -3.83. The van der Waals surface area contributed by atoms with E-state index in [0.29, 0.717) is 22.7 Å². The fourth-order valence-electron chi connectivity index (χ4n) is 2.79. The van der Waals surface area contributed by atoms with Gasteiger partial charge in [0.05, 0.1) is 29.2 Å². The van der Waals surface area contributed by atoms with Crippen LogP contribution in [0, 0.1) is 22.8 Å². The first-order valence-corrected chi connectivity index (χ1v) is 7.26. The van der Waals surface area contributed by atoms with Crippen molar-refractivity contribution in [1.29, 1.82) is 10.5 Å². The normalized spacial score (nSPS) is 13.0. The zero-order valence-electron chi connectivity index (χ0n) is 12.4. The molecule has 0 radical (unpaired) electrons. The molecule has 0 N–H and O–H groups in total. The summed E-state index contributed by atoms with van der Waals surface area (Å²) >= 11 is 0. The highest BCUT2D eigenvalue weighted by Crippen LogP contribution is 2.35. The number of aliphatic imine (C=N–C) groups is 1. The molecule has 1 heterocycles. The van der Waals surface area contributed by atoms with Gasteiger partial charge in [0.1, 0.15) is 11.4 Å². The molecule has 0 fully saturated rings. The second kappa shape index (κ2) is 5.42. The Morgan fingerprint density at radius 3 is 2.33 bits per heavy atom. The minimum atomic E-state index is 0.557. The minimum absolute atomic E-state index is 0.557. The predicted molar refractivity (Wildman–Crippen MR) is 88.9 cm³/mol. The van der Waals surface area contributed by atoms with Crippen LogP contribution in [0.3, 0.4) is 0 Å². The maximum absolute atomic E-state index is 8.95. The molecule has 0 unspecified atom stereocenters. The maximum atomic E-state index is 8.95. The zero-order chi connectivity index (χ0) is 16.5. The van der Waals surface area contributed by atoms with Crippen molar-refractivity contribution in [2.75, 3.05) is 0 Å². The number of hydrogen-bond donors (Lipinski definition) is 0. The number of fused-ring (bicyclic) bond motifs is 3. The van der Waals surface area contributed by atoms with Crippen LogP contribution in [-0.2, 0) is 0 Å². The Kier molecular flexibility index (Phi) is 3.12. The Morgan fingerprint density at radius 2 is 1.62 bits per heavy atom. The van der Waals surface area contributed by atoms with Crippen LogP contribution in [0.15, 0.2) is 59.7 Å². The minimum Gasteiger partial charge on any atom is -0.250 e. The summed E-state index contributed by atoms with van der Waals surface area (Å²) in [7, 11) is 0. The highest BCUT2D eigenvalue weighted by atomic mass is 14.9. The SMILES string of the molecule is N#C/N=C1\c2ccccc2-c2nc(-c3ccc(C#N)cc3)cnc21. The average molecular weight is 307 g/mol. The number of aromatic nitrogens is 2. The van der Waals surface area contributed by atoms with E-state index in [1.54, 1.807) is 18.3 Å². The van der Waals surface area contributed by atoms with Crippen molar-refractivity contribution >= 4 is 5.71 Å². The van der Waals surface area contributed by atoms with E-state index >= 15 is 0 Å². The number of nitriles is 2. The molecule has 4 rings (SSSR count). The van der Waals surface area contributed by atoms with E-state index in [1.807, 2.05) is 42.6 Å². The molecule has 5 heteroatoms. The van der Waals surface area contributed by atoms with E-state index < -0.39 is 0 Å². The van der Waals surface area contributed by atoms with E-state index in [0.717, 1.165) is 22.4 Å². The summed E-state index contributed by atoms with van der Waals surface area (Å²) in [5.41, 5.74) is 5.88. The van der Waals surface area contributed by atoms with Crippen LogP contribution in [-0.4, -0.2) is 15.7 Å². The van der Waals surface area contributed by atoms with Crippen LogP contribution >= 0.6 is 0 Å². The van der Waals surface area contributed by atoms with Gasteiger partial charge in [-0.1, -0.05) is 36.4 Å². The van der Waals surface area contributed by atoms with Crippen molar-refractivity contribution in [2.24, 2.45) is 4.99 Å². The summed E-state index contributed by atoms with van der Waals surface area (Å²) < 4.78 is 0. The number of hydrogen-bond acceptors (Lipinski definition) is 5. The molecule has 1 aromatic heterocycles. The molecule has 0 saturated heterocycles. The van der Waals surface area contributed by atoms with E-state index in [2.05, 4.69) is 16.0 Å². The monoisotopic (exact) mass is 307 g/mol. The second-order valence-electron chi connectivity index (χ2n) is 5.25. The van der Waals surface area contributed by atoms with Crippen LogP contribution in [0.5, 0.6) is 0 Å². The summed E-state index contributed by atoms with van der Waals surface area (Å²) in [5, 5.41) is 17.8. The smallest absolute Gasteiger partial charge is 0.206 e. The Bertz CT molecular complexity index is 1070. The van der Waals surface area contributed by atoms with Gasteiger partial charge in [-0.25, -0.2) is 9.97 Å². The van der Waals surface area contributed by atoms with Crippen molar-refractivity contribution in [3.63, 3.8) is 0 Å². The first-order chi connectivity index (χ1) is 11.8. The standard InChI is InChI=1S/C19H9N5/c20-9-12-5-7-13(8-6-12)16-10-22-19-17(23-11-21)14-3-1-2-4-15(14)18(19)24-16/h1-8,10H/b23-17+. The number of benzene rings is 2. The lowest BCUT2D eigenvalue weighted by Crippen LogP contribution is -2.01. The third-order valence-corrected chi connectivity index (χ3v) is 3.91. The molecule has 0 bridgehead atoms. The number of rotatable bonds is 1. The molecule has 2 aromatic carbocycles. The van der Waals surface area contributed by atoms with E-state index in [-0.39, 0.29) is 0 Å². The molecule has 0 atom stereocenters. The third kappa shape index (κ3) is 2.05. The lowest BCUT2D eigenvalue weighted by Gasteiger charge is -2.04. The van der Waals surface area contributed by atoms with Crippen molar-refractivity contribution in [3.05, 3.63) is 71.5 Å². The molecule has 5 nitrogen and oxygen atoms in total. The van der Waals surface area contributed by atoms with Crippen molar-refractivity contribution < 1.29 is 0 Å². The number of nitrogens with zero attached hydrogens (tertiary/aromatic N) is 5. The van der Waals surface area contributed by atoms with Gasteiger partial charge in [0.25, 0.3) is 0 Å². The fourth-order valence-corrected chi connectivity index (χ4v) is 2.79. The Labute approximate surface area is 138 Å². The van der Waals surface area contributed by atoms with E-state index in [9.17, 15) is 0 Å². The van der Waals surface area contributed by atoms with Gasteiger partial charge in [-0.3, -0.25) is 0 Å². The molecular weight excluding hydrogens is 298 g/mol. The highest BCUT2D eigenvalue weighted by molar-refractivity contribution is 6.23. The molecule has 0 aliphatic heterocycles. The molecular formula is C19H9N5. The third-order valence-electron chi connectivity index (χ3n) is 3.91. The van der Waals surface area contributed by atoms with Gasteiger partial charge in [0, 0.05) is 16.7 Å². The molecule has 110 valence electrons. The molecule has 1 aliphatic carbocycles. The predicted octanol–water partition coefficient (Wildman–Crippen LogP) is 3.31. The van der Waals surface area contributed by atoms with Gasteiger partial charge in [0.2, 0.25) is 6.19 Å². The van der Waals surface area contributed by atoms with E-state index in [1.165, 1.54) is 0 Å². The van der Waals surface area contributed by atoms with Crippen molar-refractivity contribution in [1.82, 2.24) is 9.97 Å².